The van der Waals surface area contributed by atoms with Gasteiger partial charge < -0.3 is 14.9 Å². The smallest absolute Gasteiger partial charge is 0.0764 e. The fourth-order valence-electron chi connectivity index (χ4n) is 5.87. The van der Waals surface area contributed by atoms with Crippen LogP contribution < -0.4 is 4.90 Å². The Labute approximate surface area is 210 Å². The first-order chi connectivity index (χ1) is 17.1. The molecule has 3 aromatic carbocycles. The van der Waals surface area contributed by atoms with Crippen LogP contribution in [0.5, 0.6) is 0 Å². The van der Waals surface area contributed by atoms with Crippen LogP contribution in [0.3, 0.4) is 0 Å². The van der Waals surface area contributed by atoms with Gasteiger partial charge in [-0.05, 0) is 67.1 Å². The Morgan fingerprint density at radius 1 is 0.829 bits per heavy atom. The monoisotopic (exact) mass is 469 g/mol. The first-order valence-electron chi connectivity index (χ1n) is 13.2. The molecular formula is C31H39N3O. The number of hydrogen-bond donors (Lipinski definition) is 1. The Hall–Kier alpha value is -2.66. The Morgan fingerprint density at radius 3 is 2.00 bits per heavy atom. The predicted molar refractivity (Wildman–Crippen MR) is 145 cm³/mol. The molecule has 0 bridgehead atoms. The van der Waals surface area contributed by atoms with Gasteiger partial charge in [0.2, 0.25) is 0 Å². The van der Waals surface area contributed by atoms with Gasteiger partial charge in [-0.3, -0.25) is 4.90 Å². The Balaban J connectivity index is 1.47. The Kier molecular flexibility index (Phi) is 7.52. The first-order valence-corrected chi connectivity index (χ1v) is 13.2. The summed E-state index contributed by atoms with van der Waals surface area (Å²) in [5.41, 5.74) is 8.11. The van der Waals surface area contributed by atoms with Crippen molar-refractivity contribution in [2.75, 3.05) is 38.1 Å². The number of nitrogens with zero attached hydrogens (tertiary/aromatic N) is 3. The van der Waals surface area contributed by atoms with Crippen LogP contribution in [0.1, 0.15) is 47.3 Å². The van der Waals surface area contributed by atoms with E-state index in [0.29, 0.717) is 6.04 Å². The second-order valence-corrected chi connectivity index (χ2v) is 10.4. The minimum Gasteiger partial charge on any atom is -0.389 e. The Bertz CT molecular complexity index is 1050. The average Bonchev–Trinajstić information content (AvgIpc) is 2.89. The van der Waals surface area contributed by atoms with Gasteiger partial charge in [-0.15, -0.1) is 0 Å². The lowest BCUT2D eigenvalue weighted by atomic mass is 9.82. The first kappa shape index (κ1) is 24.1. The van der Waals surface area contributed by atoms with Crippen molar-refractivity contribution < 1.29 is 5.11 Å². The molecule has 1 N–H and O–H groups in total. The normalized spacial score (nSPS) is 19.5. The number of hydrogen-bond acceptors (Lipinski definition) is 4. The zero-order valence-corrected chi connectivity index (χ0v) is 21.2. The highest BCUT2D eigenvalue weighted by Crippen LogP contribution is 2.37. The summed E-state index contributed by atoms with van der Waals surface area (Å²) in [4.78, 5) is 7.67. The van der Waals surface area contributed by atoms with Crippen molar-refractivity contribution in [3.8, 4) is 0 Å². The van der Waals surface area contributed by atoms with E-state index in [0.717, 1.165) is 64.1 Å². The van der Waals surface area contributed by atoms with Crippen LogP contribution in [0.4, 0.5) is 5.69 Å². The van der Waals surface area contributed by atoms with E-state index in [1.807, 2.05) is 6.92 Å². The molecule has 0 aromatic heterocycles. The molecule has 1 fully saturated rings. The number of rotatable bonds is 7. The summed E-state index contributed by atoms with van der Waals surface area (Å²) in [6, 6.07) is 26.7. The number of likely N-dealkylation sites (N-methyl/N-ethyl adjacent to an activating group) is 1. The maximum absolute atomic E-state index is 10.5. The third-order valence-corrected chi connectivity index (χ3v) is 7.88. The van der Waals surface area contributed by atoms with E-state index < -0.39 is 6.10 Å². The topological polar surface area (TPSA) is 30.0 Å². The SMILES string of the molecule is C[C@@H](O)c1ccc(N2CCN(C)CC2)c2c1CCC(N(Cc1ccccc1)Cc1ccccc1)C2. The van der Waals surface area contributed by atoms with Gasteiger partial charge in [0.1, 0.15) is 0 Å². The molecule has 184 valence electrons. The molecule has 1 heterocycles. The summed E-state index contributed by atoms with van der Waals surface area (Å²) in [7, 11) is 2.21. The summed E-state index contributed by atoms with van der Waals surface area (Å²) in [6.07, 6.45) is 2.77. The maximum atomic E-state index is 10.5. The van der Waals surface area contributed by atoms with Gasteiger partial charge in [0.15, 0.2) is 0 Å². The van der Waals surface area contributed by atoms with Gasteiger partial charge in [-0.2, -0.15) is 0 Å². The van der Waals surface area contributed by atoms with E-state index in [1.165, 1.54) is 27.9 Å². The largest absolute Gasteiger partial charge is 0.389 e. The van der Waals surface area contributed by atoms with Crippen molar-refractivity contribution in [2.24, 2.45) is 0 Å². The molecule has 5 rings (SSSR count). The number of benzene rings is 3. The highest BCUT2D eigenvalue weighted by molar-refractivity contribution is 5.61. The van der Waals surface area contributed by atoms with Gasteiger partial charge in [-0.25, -0.2) is 0 Å². The summed E-state index contributed by atoms with van der Waals surface area (Å²) < 4.78 is 0. The van der Waals surface area contributed by atoms with Gasteiger partial charge >= 0.3 is 0 Å². The van der Waals surface area contributed by atoms with Gasteiger partial charge in [-0.1, -0.05) is 66.7 Å². The van der Waals surface area contributed by atoms with Crippen molar-refractivity contribution in [1.82, 2.24) is 9.80 Å². The Morgan fingerprint density at radius 2 is 1.43 bits per heavy atom. The van der Waals surface area contributed by atoms with Crippen LogP contribution in [-0.2, 0) is 25.9 Å². The lowest BCUT2D eigenvalue weighted by Gasteiger charge is -2.40. The minimum atomic E-state index is -0.424. The van der Waals surface area contributed by atoms with Gasteiger partial charge in [0.25, 0.3) is 0 Å². The highest BCUT2D eigenvalue weighted by atomic mass is 16.3. The molecule has 4 heteroatoms. The van der Waals surface area contributed by atoms with Crippen LogP contribution in [0, 0.1) is 0 Å². The molecule has 1 unspecified atom stereocenters. The van der Waals surface area contributed by atoms with Gasteiger partial charge in [0, 0.05) is 51.0 Å². The molecule has 0 radical (unpaired) electrons. The second-order valence-electron chi connectivity index (χ2n) is 10.4. The fourth-order valence-corrected chi connectivity index (χ4v) is 5.87. The van der Waals surface area contributed by atoms with E-state index >= 15 is 0 Å². The number of piperazine rings is 1. The molecule has 3 aromatic rings. The van der Waals surface area contributed by atoms with Crippen LogP contribution in [0.2, 0.25) is 0 Å². The van der Waals surface area contributed by atoms with Crippen LogP contribution in [-0.4, -0.2) is 54.2 Å². The predicted octanol–water partition coefficient (Wildman–Crippen LogP) is 5.05. The molecule has 2 atom stereocenters. The molecule has 1 aliphatic carbocycles. The molecule has 0 amide bonds. The van der Waals surface area contributed by atoms with E-state index in [2.05, 4.69) is 94.5 Å². The number of aliphatic hydroxyl groups is 1. The average molecular weight is 470 g/mol. The molecule has 1 saturated heterocycles. The molecular weight excluding hydrogens is 430 g/mol. The van der Waals surface area contributed by atoms with E-state index in [4.69, 9.17) is 0 Å². The van der Waals surface area contributed by atoms with Crippen LogP contribution in [0.25, 0.3) is 0 Å². The maximum Gasteiger partial charge on any atom is 0.0764 e. The minimum absolute atomic E-state index is 0.424. The summed E-state index contributed by atoms with van der Waals surface area (Å²) in [5, 5.41) is 10.5. The molecule has 35 heavy (non-hydrogen) atoms. The second kappa shape index (κ2) is 10.9. The van der Waals surface area contributed by atoms with Gasteiger partial charge in [0.05, 0.1) is 6.10 Å². The molecule has 0 spiro atoms. The molecule has 4 nitrogen and oxygen atoms in total. The highest BCUT2D eigenvalue weighted by Gasteiger charge is 2.30. The standard InChI is InChI=1S/C31H39N3O/c1-24(35)28-15-16-31(33-19-17-32(2)18-20-33)30-21-27(13-14-29(28)30)34(22-25-9-5-3-6-10-25)23-26-11-7-4-8-12-26/h3-12,15-16,24,27,35H,13-14,17-23H2,1-2H3/t24-,27?/m1/s1. The van der Waals surface area contributed by atoms with Crippen molar-refractivity contribution >= 4 is 5.69 Å². The molecule has 2 aliphatic rings. The molecule has 0 saturated carbocycles. The quantitative estimate of drug-likeness (QED) is 0.524. The number of anilines is 1. The van der Waals surface area contributed by atoms with E-state index in [9.17, 15) is 5.11 Å². The zero-order chi connectivity index (χ0) is 24.2. The summed E-state index contributed by atoms with van der Waals surface area (Å²) in [6.45, 7) is 8.16. The zero-order valence-electron chi connectivity index (χ0n) is 21.2. The third kappa shape index (κ3) is 5.61. The van der Waals surface area contributed by atoms with Crippen molar-refractivity contribution in [3.63, 3.8) is 0 Å². The fraction of sp³-hybridized carbons (Fsp3) is 0.419. The summed E-state index contributed by atoms with van der Waals surface area (Å²) >= 11 is 0. The lowest BCUT2D eigenvalue weighted by Crippen LogP contribution is -2.45. The van der Waals surface area contributed by atoms with E-state index in [-0.39, 0.29) is 0 Å². The number of aliphatic hydroxyl groups excluding tert-OH is 1. The van der Waals surface area contributed by atoms with Crippen LogP contribution >= 0.6 is 0 Å². The van der Waals surface area contributed by atoms with Crippen molar-refractivity contribution in [2.45, 2.75) is 51.4 Å². The lowest BCUT2D eigenvalue weighted by molar-refractivity contribution is 0.160. The number of fused-ring (bicyclic) bond motifs is 1. The third-order valence-electron chi connectivity index (χ3n) is 7.88. The van der Waals surface area contributed by atoms with Crippen molar-refractivity contribution in [3.05, 3.63) is 101 Å². The van der Waals surface area contributed by atoms with Crippen LogP contribution in [0.15, 0.2) is 72.8 Å². The van der Waals surface area contributed by atoms with Crippen molar-refractivity contribution in [1.29, 1.82) is 0 Å². The molecule has 1 aliphatic heterocycles. The summed E-state index contributed by atoms with van der Waals surface area (Å²) in [5.74, 6) is 0. The van der Waals surface area contributed by atoms with E-state index in [1.54, 1.807) is 0 Å².